The second-order valence-corrected chi connectivity index (χ2v) is 5.72. The zero-order valence-electron chi connectivity index (χ0n) is 11.2. The molecule has 0 saturated heterocycles. The van der Waals surface area contributed by atoms with Gasteiger partial charge in [0.2, 0.25) is 0 Å². The number of nitro benzene ring substituents is 1. The van der Waals surface area contributed by atoms with Gasteiger partial charge >= 0.3 is 0 Å². The van der Waals surface area contributed by atoms with Crippen molar-refractivity contribution in [3.63, 3.8) is 0 Å². The third-order valence-corrected chi connectivity index (χ3v) is 4.24. The minimum Gasteiger partial charge on any atom is -0.289 e. The zero-order chi connectivity index (χ0) is 15.9. The van der Waals surface area contributed by atoms with E-state index in [2.05, 4.69) is 0 Å². The molecule has 0 bridgehead atoms. The molecule has 0 aliphatic heterocycles. The maximum Gasteiger partial charge on any atom is 0.270 e. The molecule has 6 heteroatoms. The molecule has 0 saturated carbocycles. The van der Waals surface area contributed by atoms with Crippen LogP contribution in [0.1, 0.15) is 21.5 Å². The Bertz CT molecular complexity index is 843. The van der Waals surface area contributed by atoms with E-state index in [1.54, 1.807) is 24.3 Å². The predicted molar refractivity (Wildman–Crippen MR) is 85.6 cm³/mol. The number of hydrogen-bond donors (Lipinski definition) is 0. The van der Waals surface area contributed by atoms with Crippen molar-refractivity contribution in [2.75, 3.05) is 0 Å². The first-order valence-electron chi connectivity index (χ1n) is 6.44. The Hall–Kier alpha value is -2.17. The summed E-state index contributed by atoms with van der Waals surface area (Å²) in [5.41, 5.74) is 2.24. The van der Waals surface area contributed by atoms with Crippen molar-refractivity contribution in [2.24, 2.45) is 0 Å². The number of fused-ring (bicyclic) bond motifs is 1. The van der Waals surface area contributed by atoms with Gasteiger partial charge in [-0.05, 0) is 23.8 Å². The molecule has 0 unspecified atom stereocenters. The standard InChI is InChI=1S/C16H9Cl2NO3/c17-14-5-4-11(19(21)22)7-9(14)6-10-8-13-12(16(10)20)2-1-3-15(13)18/h1-7H,8H2. The summed E-state index contributed by atoms with van der Waals surface area (Å²) in [7, 11) is 0. The van der Waals surface area contributed by atoms with E-state index in [-0.39, 0.29) is 11.5 Å². The molecule has 3 rings (SSSR count). The third kappa shape index (κ3) is 2.51. The summed E-state index contributed by atoms with van der Waals surface area (Å²) in [5, 5.41) is 11.7. The summed E-state index contributed by atoms with van der Waals surface area (Å²) in [5.74, 6) is -0.125. The summed E-state index contributed by atoms with van der Waals surface area (Å²) in [6, 6.07) is 9.31. The average molecular weight is 334 g/mol. The van der Waals surface area contributed by atoms with Crippen molar-refractivity contribution in [1.29, 1.82) is 0 Å². The van der Waals surface area contributed by atoms with Gasteiger partial charge in [0.25, 0.3) is 5.69 Å². The minimum atomic E-state index is -0.500. The van der Waals surface area contributed by atoms with E-state index < -0.39 is 4.92 Å². The van der Waals surface area contributed by atoms with Crippen molar-refractivity contribution < 1.29 is 9.72 Å². The summed E-state index contributed by atoms with van der Waals surface area (Å²) < 4.78 is 0. The number of nitro groups is 1. The fourth-order valence-corrected chi connectivity index (χ4v) is 2.87. The summed E-state index contributed by atoms with van der Waals surface area (Å²) >= 11 is 12.2. The monoisotopic (exact) mass is 333 g/mol. The van der Waals surface area contributed by atoms with Gasteiger partial charge in [0.05, 0.1) is 4.92 Å². The Kier molecular flexibility index (Phi) is 3.72. The Labute approximate surface area is 136 Å². The molecule has 2 aromatic carbocycles. The maximum absolute atomic E-state index is 12.4. The van der Waals surface area contributed by atoms with E-state index in [1.807, 2.05) is 0 Å². The van der Waals surface area contributed by atoms with Gasteiger partial charge in [0.15, 0.2) is 5.78 Å². The quantitative estimate of drug-likeness (QED) is 0.453. The molecule has 0 amide bonds. The second kappa shape index (κ2) is 5.55. The van der Waals surface area contributed by atoms with Gasteiger partial charge in [-0.1, -0.05) is 35.3 Å². The highest BCUT2D eigenvalue weighted by Crippen LogP contribution is 2.34. The molecular formula is C16H9Cl2NO3. The first-order chi connectivity index (χ1) is 10.5. The lowest BCUT2D eigenvalue weighted by Crippen LogP contribution is -1.95. The maximum atomic E-state index is 12.4. The van der Waals surface area contributed by atoms with Gasteiger partial charge in [-0.15, -0.1) is 0 Å². The van der Waals surface area contributed by atoms with Crippen LogP contribution in [0.25, 0.3) is 6.08 Å². The molecule has 0 fully saturated rings. The van der Waals surface area contributed by atoms with Crippen LogP contribution in [-0.4, -0.2) is 10.7 Å². The van der Waals surface area contributed by atoms with E-state index in [4.69, 9.17) is 23.2 Å². The summed E-state index contributed by atoms with van der Waals surface area (Å²) in [4.78, 5) is 22.7. The smallest absolute Gasteiger partial charge is 0.270 e. The van der Waals surface area contributed by atoms with E-state index in [0.717, 1.165) is 5.56 Å². The predicted octanol–water partition coefficient (Wildman–Crippen LogP) is 4.72. The van der Waals surface area contributed by atoms with Crippen molar-refractivity contribution >= 4 is 40.7 Å². The molecule has 0 atom stereocenters. The number of nitrogens with zero attached hydrogens (tertiary/aromatic N) is 1. The summed E-state index contributed by atoms with van der Waals surface area (Å²) in [6.45, 7) is 0. The zero-order valence-corrected chi connectivity index (χ0v) is 12.7. The van der Waals surface area contributed by atoms with E-state index >= 15 is 0 Å². The van der Waals surface area contributed by atoms with Crippen molar-refractivity contribution in [3.05, 3.63) is 78.8 Å². The highest BCUT2D eigenvalue weighted by Gasteiger charge is 2.26. The highest BCUT2D eigenvalue weighted by molar-refractivity contribution is 6.33. The Morgan fingerprint density at radius 1 is 1.14 bits per heavy atom. The van der Waals surface area contributed by atoms with Crippen LogP contribution in [0.4, 0.5) is 5.69 Å². The number of non-ortho nitro benzene ring substituents is 1. The minimum absolute atomic E-state index is 0.0720. The molecule has 2 aromatic rings. The van der Waals surface area contributed by atoms with Crippen molar-refractivity contribution in [1.82, 2.24) is 0 Å². The lowest BCUT2D eigenvalue weighted by Gasteiger charge is -2.00. The largest absolute Gasteiger partial charge is 0.289 e. The molecule has 22 heavy (non-hydrogen) atoms. The van der Waals surface area contributed by atoms with Crippen LogP contribution in [-0.2, 0) is 6.42 Å². The topological polar surface area (TPSA) is 60.2 Å². The highest BCUT2D eigenvalue weighted by atomic mass is 35.5. The Morgan fingerprint density at radius 3 is 2.59 bits per heavy atom. The number of carbonyl (C=O) groups is 1. The molecular weight excluding hydrogens is 325 g/mol. The summed E-state index contributed by atoms with van der Waals surface area (Å²) in [6.07, 6.45) is 1.99. The Morgan fingerprint density at radius 2 is 1.91 bits per heavy atom. The van der Waals surface area contributed by atoms with E-state index in [9.17, 15) is 14.9 Å². The fourth-order valence-electron chi connectivity index (χ4n) is 2.45. The SMILES string of the molecule is O=C1C(=Cc2cc([N+](=O)[O-])ccc2Cl)Cc2c(Cl)cccc21. The van der Waals surface area contributed by atoms with Crippen LogP contribution in [0.3, 0.4) is 0 Å². The number of hydrogen-bond acceptors (Lipinski definition) is 3. The van der Waals surface area contributed by atoms with Gasteiger partial charge in [0, 0.05) is 45.3 Å². The second-order valence-electron chi connectivity index (χ2n) is 4.90. The third-order valence-electron chi connectivity index (χ3n) is 3.54. The van der Waals surface area contributed by atoms with Crippen LogP contribution in [0.5, 0.6) is 0 Å². The molecule has 0 heterocycles. The molecule has 0 aromatic heterocycles. The normalized spacial score (nSPS) is 15.2. The van der Waals surface area contributed by atoms with Crippen molar-refractivity contribution in [2.45, 2.75) is 6.42 Å². The molecule has 0 spiro atoms. The van der Waals surface area contributed by atoms with E-state index in [1.165, 1.54) is 18.2 Å². The van der Waals surface area contributed by atoms with Gasteiger partial charge in [0.1, 0.15) is 0 Å². The molecule has 0 radical (unpaired) electrons. The van der Waals surface area contributed by atoms with Gasteiger partial charge in [-0.3, -0.25) is 14.9 Å². The molecule has 110 valence electrons. The van der Waals surface area contributed by atoms with E-state index in [0.29, 0.717) is 33.2 Å². The van der Waals surface area contributed by atoms with Gasteiger partial charge in [-0.25, -0.2) is 0 Å². The first-order valence-corrected chi connectivity index (χ1v) is 7.19. The number of allylic oxidation sites excluding steroid dienone is 1. The number of halogens is 2. The number of rotatable bonds is 2. The average Bonchev–Trinajstić information content (AvgIpc) is 2.80. The molecule has 1 aliphatic carbocycles. The fraction of sp³-hybridized carbons (Fsp3) is 0.0625. The molecule has 0 N–H and O–H groups in total. The van der Waals surface area contributed by atoms with Crippen LogP contribution in [0, 0.1) is 10.1 Å². The number of ketones is 1. The number of Topliss-reactive ketones (excluding diaryl/α,β-unsaturated/α-hetero) is 1. The van der Waals surface area contributed by atoms with Crippen molar-refractivity contribution in [3.8, 4) is 0 Å². The van der Waals surface area contributed by atoms with Crippen LogP contribution in [0.15, 0.2) is 42.0 Å². The lowest BCUT2D eigenvalue weighted by atomic mass is 10.1. The lowest BCUT2D eigenvalue weighted by molar-refractivity contribution is -0.384. The van der Waals surface area contributed by atoms with Gasteiger partial charge < -0.3 is 0 Å². The molecule has 4 nitrogen and oxygen atoms in total. The van der Waals surface area contributed by atoms with Crippen LogP contribution < -0.4 is 0 Å². The van der Waals surface area contributed by atoms with Crippen LogP contribution >= 0.6 is 23.2 Å². The first kappa shape index (κ1) is 14.8. The Balaban J connectivity index is 2.05. The number of carbonyl (C=O) groups excluding carboxylic acids is 1. The van der Waals surface area contributed by atoms with Gasteiger partial charge in [-0.2, -0.15) is 0 Å². The molecule has 1 aliphatic rings. The van der Waals surface area contributed by atoms with Crippen LogP contribution in [0.2, 0.25) is 10.0 Å². The number of benzene rings is 2.